The number of carboxylic acid groups (broad SMARTS) is 1. The molecule has 0 saturated heterocycles. The van der Waals surface area contributed by atoms with Crippen molar-refractivity contribution in [3.05, 3.63) is 53.6 Å². The maximum Gasteiger partial charge on any atom is 0.303 e. The number of carboxylic acids is 1. The van der Waals surface area contributed by atoms with Crippen molar-refractivity contribution in [2.45, 2.75) is 25.7 Å². The second kappa shape index (κ2) is 8.10. The van der Waals surface area contributed by atoms with Gasteiger partial charge in [-0.1, -0.05) is 0 Å². The molecule has 2 aromatic carbocycles. The number of benzene rings is 2. The number of aryl methyl sites for hydroxylation is 1. The molecule has 2 aromatic heterocycles. The van der Waals surface area contributed by atoms with E-state index in [4.69, 9.17) is 10.1 Å². The number of phenolic OH excluding ortho intramolecular Hbond substituents is 1. The van der Waals surface area contributed by atoms with Gasteiger partial charge in [-0.2, -0.15) is 0 Å². The lowest BCUT2D eigenvalue weighted by atomic mass is 10.1. The first-order valence-electron chi connectivity index (χ1n) is 9.98. The van der Waals surface area contributed by atoms with Crippen LogP contribution >= 0.6 is 0 Å². The van der Waals surface area contributed by atoms with E-state index in [1.54, 1.807) is 36.4 Å². The van der Waals surface area contributed by atoms with Crippen molar-refractivity contribution < 1.29 is 19.8 Å². The van der Waals surface area contributed by atoms with Crippen molar-refractivity contribution >= 4 is 33.9 Å². The summed E-state index contributed by atoms with van der Waals surface area (Å²) < 4.78 is 1.94. The highest BCUT2D eigenvalue weighted by Crippen LogP contribution is 2.28. The van der Waals surface area contributed by atoms with Crippen molar-refractivity contribution in [2.75, 3.05) is 6.54 Å². The molecule has 1 amide bonds. The van der Waals surface area contributed by atoms with E-state index in [-0.39, 0.29) is 24.0 Å². The molecule has 0 aliphatic rings. The highest BCUT2D eigenvalue weighted by atomic mass is 16.4. The predicted molar refractivity (Wildman–Crippen MR) is 115 cm³/mol. The average molecular weight is 421 g/mol. The van der Waals surface area contributed by atoms with Crippen molar-refractivity contribution in [3.8, 4) is 5.75 Å². The molecule has 31 heavy (non-hydrogen) atoms. The van der Waals surface area contributed by atoms with Gasteiger partial charge in [-0.25, -0.2) is 9.97 Å². The zero-order valence-corrected chi connectivity index (χ0v) is 17.2. The first-order valence-corrected chi connectivity index (χ1v) is 9.98. The topological polar surface area (TPSA) is 133 Å². The highest BCUT2D eigenvalue weighted by molar-refractivity contribution is 5.97. The predicted octanol–water partition coefficient (Wildman–Crippen LogP) is 2.90. The molecule has 1 unspecified atom stereocenters. The van der Waals surface area contributed by atoms with Gasteiger partial charge in [0.25, 0.3) is 5.91 Å². The molecule has 0 bridgehead atoms. The van der Waals surface area contributed by atoms with Crippen LogP contribution in [0.3, 0.4) is 0 Å². The number of hydrogen-bond donors (Lipinski definition) is 4. The third kappa shape index (κ3) is 4.07. The molecular formula is C22H23N5O4. The van der Waals surface area contributed by atoms with Crippen LogP contribution in [0.25, 0.3) is 22.1 Å². The third-order valence-electron chi connectivity index (χ3n) is 5.31. The van der Waals surface area contributed by atoms with Gasteiger partial charge >= 0.3 is 5.97 Å². The van der Waals surface area contributed by atoms with Gasteiger partial charge in [0, 0.05) is 31.6 Å². The summed E-state index contributed by atoms with van der Waals surface area (Å²) in [5, 5.41) is 21.1. The Balaban J connectivity index is 1.58. The lowest BCUT2D eigenvalue weighted by molar-refractivity contribution is -0.137. The van der Waals surface area contributed by atoms with Crippen molar-refractivity contribution in [1.29, 1.82) is 0 Å². The number of carbonyl (C=O) groups is 2. The summed E-state index contributed by atoms with van der Waals surface area (Å²) in [5.41, 5.74) is 3.58. The molecule has 9 nitrogen and oxygen atoms in total. The summed E-state index contributed by atoms with van der Waals surface area (Å²) in [7, 11) is 1.89. The Morgan fingerprint density at radius 2 is 1.97 bits per heavy atom. The average Bonchev–Trinajstić information content (AvgIpc) is 3.31. The quantitative estimate of drug-likeness (QED) is 0.339. The van der Waals surface area contributed by atoms with Gasteiger partial charge in [0.1, 0.15) is 17.4 Å². The number of nitrogens with one attached hydrogen (secondary N) is 2. The van der Waals surface area contributed by atoms with E-state index >= 15 is 0 Å². The molecule has 0 aliphatic carbocycles. The number of fused-ring (bicyclic) bond motifs is 2. The number of hydrogen-bond acceptors (Lipinski definition) is 5. The summed E-state index contributed by atoms with van der Waals surface area (Å²) >= 11 is 0. The summed E-state index contributed by atoms with van der Waals surface area (Å²) in [5.74, 6) is 0.413. The molecule has 0 saturated carbocycles. The summed E-state index contributed by atoms with van der Waals surface area (Å²) in [4.78, 5) is 35.6. The van der Waals surface area contributed by atoms with Gasteiger partial charge in [0.05, 0.1) is 28.0 Å². The van der Waals surface area contributed by atoms with Crippen LogP contribution in [0.2, 0.25) is 0 Å². The van der Waals surface area contributed by atoms with E-state index in [1.807, 2.05) is 18.5 Å². The number of amides is 1. The first-order chi connectivity index (χ1) is 14.8. The van der Waals surface area contributed by atoms with E-state index in [9.17, 15) is 14.7 Å². The number of aromatic hydroxyl groups is 1. The lowest BCUT2D eigenvalue weighted by Gasteiger charge is -2.09. The SMILES string of the molecule is CC(c1nc2cc(O)ccc2[nH]1)c1nc2ccc(C(=O)NCCCC(=O)O)cc2n1C. The van der Waals surface area contributed by atoms with E-state index in [0.717, 1.165) is 28.2 Å². The van der Waals surface area contributed by atoms with Gasteiger partial charge in [-0.3, -0.25) is 9.59 Å². The number of phenols is 1. The molecular weight excluding hydrogens is 398 g/mol. The molecule has 4 rings (SSSR count). The molecule has 4 N–H and O–H groups in total. The van der Waals surface area contributed by atoms with Crippen molar-refractivity contribution in [3.63, 3.8) is 0 Å². The van der Waals surface area contributed by atoms with E-state index < -0.39 is 5.97 Å². The van der Waals surface area contributed by atoms with Crippen LogP contribution in [0.15, 0.2) is 36.4 Å². The van der Waals surface area contributed by atoms with E-state index in [0.29, 0.717) is 24.0 Å². The minimum Gasteiger partial charge on any atom is -0.508 e. The smallest absolute Gasteiger partial charge is 0.303 e. The van der Waals surface area contributed by atoms with Crippen LogP contribution < -0.4 is 5.32 Å². The fraction of sp³-hybridized carbons (Fsp3) is 0.273. The Morgan fingerprint density at radius 1 is 1.16 bits per heavy atom. The number of rotatable bonds is 7. The Morgan fingerprint density at radius 3 is 2.74 bits per heavy atom. The zero-order valence-electron chi connectivity index (χ0n) is 17.2. The molecule has 0 fully saturated rings. The molecule has 4 aromatic rings. The second-order valence-electron chi connectivity index (χ2n) is 7.53. The fourth-order valence-electron chi connectivity index (χ4n) is 3.62. The number of aromatic amines is 1. The van der Waals surface area contributed by atoms with Gasteiger partial charge in [-0.15, -0.1) is 0 Å². The third-order valence-corrected chi connectivity index (χ3v) is 5.31. The van der Waals surface area contributed by atoms with Crippen molar-refractivity contribution in [1.82, 2.24) is 24.8 Å². The van der Waals surface area contributed by atoms with Crippen molar-refractivity contribution in [2.24, 2.45) is 7.05 Å². The van der Waals surface area contributed by atoms with Crippen LogP contribution in [-0.2, 0) is 11.8 Å². The van der Waals surface area contributed by atoms with Crippen LogP contribution in [0.1, 0.15) is 47.7 Å². The first kappa shape index (κ1) is 20.4. The maximum atomic E-state index is 12.4. The van der Waals surface area contributed by atoms with Gasteiger partial charge in [0.15, 0.2) is 0 Å². The number of aromatic nitrogens is 4. The summed E-state index contributed by atoms with van der Waals surface area (Å²) in [6.07, 6.45) is 0.398. The molecule has 160 valence electrons. The monoisotopic (exact) mass is 421 g/mol. The summed E-state index contributed by atoms with van der Waals surface area (Å²) in [6, 6.07) is 10.3. The minimum absolute atomic E-state index is 0.0176. The maximum absolute atomic E-state index is 12.4. The zero-order chi connectivity index (χ0) is 22.1. The fourth-order valence-corrected chi connectivity index (χ4v) is 3.62. The Kier molecular flexibility index (Phi) is 5.33. The number of carbonyl (C=O) groups excluding carboxylic acids is 1. The Labute approximate surface area is 177 Å². The van der Waals surface area contributed by atoms with E-state index in [2.05, 4.69) is 15.3 Å². The molecule has 0 radical (unpaired) electrons. The van der Waals surface area contributed by atoms with Crippen LogP contribution in [0, 0.1) is 0 Å². The molecule has 9 heteroatoms. The largest absolute Gasteiger partial charge is 0.508 e. The highest BCUT2D eigenvalue weighted by Gasteiger charge is 2.20. The lowest BCUT2D eigenvalue weighted by Crippen LogP contribution is -2.24. The second-order valence-corrected chi connectivity index (χ2v) is 7.53. The number of imidazole rings is 2. The van der Waals surface area contributed by atoms with Crippen LogP contribution in [-0.4, -0.2) is 48.2 Å². The van der Waals surface area contributed by atoms with Gasteiger partial charge in [-0.05, 0) is 43.7 Å². The minimum atomic E-state index is -0.881. The molecule has 2 heterocycles. The molecule has 1 atom stereocenters. The van der Waals surface area contributed by atoms with Gasteiger partial charge in [0.2, 0.25) is 0 Å². The molecule has 0 spiro atoms. The van der Waals surface area contributed by atoms with E-state index in [1.165, 1.54) is 0 Å². The van der Waals surface area contributed by atoms with Crippen LogP contribution in [0.5, 0.6) is 5.75 Å². The molecule has 0 aliphatic heterocycles. The number of H-pyrrole nitrogens is 1. The van der Waals surface area contributed by atoms with Gasteiger partial charge < -0.3 is 25.1 Å². The number of nitrogens with zero attached hydrogens (tertiary/aromatic N) is 3. The Bertz CT molecular complexity index is 1290. The number of aliphatic carboxylic acids is 1. The Hall–Kier alpha value is -3.88. The summed E-state index contributed by atoms with van der Waals surface area (Å²) in [6.45, 7) is 2.30. The normalized spacial score (nSPS) is 12.3. The van der Waals surface area contributed by atoms with Crippen LogP contribution in [0.4, 0.5) is 0 Å². The standard InChI is InChI=1S/C22H23N5O4/c1-12(20-24-15-8-6-14(28)11-17(15)25-20)21-26-16-7-5-13(10-18(16)27(21)2)22(31)23-9-3-4-19(29)30/h5-8,10-12,28H,3-4,9H2,1-2H3,(H,23,31)(H,24,25)(H,29,30).